The maximum atomic E-state index is 10.7. The van der Waals surface area contributed by atoms with Crippen LogP contribution in [0.2, 0.25) is 0 Å². The quantitative estimate of drug-likeness (QED) is 0.375. The first-order valence-electron chi connectivity index (χ1n) is 4.45. The molecule has 6 nitrogen and oxygen atoms in total. The lowest BCUT2D eigenvalue weighted by Gasteiger charge is -2.29. The van der Waals surface area contributed by atoms with E-state index in [1.165, 1.54) is 27.7 Å². The largest absolute Gasteiger partial charge is 0.442 e. The number of rotatable bonds is 5. The molecule has 0 N–H and O–H groups in total. The molecule has 1 amide bonds. The normalized spacial score (nSPS) is 13.6. The predicted molar refractivity (Wildman–Crippen MR) is 50.4 cm³/mol. The van der Waals surface area contributed by atoms with Gasteiger partial charge in [-0.15, -0.1) is 0 Å². The molecule has 0 saturated carbocycles. The SMILES string of the molecule is CC(=O)OC(C)N(C=O)C(C)OC(C)=O. The Balaban J connectivity index is 4.39. The third-order valence-corrected chi connectivity index (χ3v) is 1.63. The van der Waals surface area contributed by atoms with Gasteiger partial charge in [0.05, 0.1) is 0 Å². The van der Waals surface area contributed by atoms with Crippen molar-refractivity contribution in [2.45, 2.75) is 40.2 Å². The van der Waals surface area contributed by atoms with Gasteiger partial charge in [-0.3, -0.25) is 19.3 Å². The fourth-order valence-electron chi connectivity index (χ4n) is 1.07. The molecule has 0 fully saturated rings. The summed E-state index contributed by atoms with van der Waals surface area (Å²) in [4.78, 5) is 33.1. The van der Waals surface area contributed by atoms with Crippen molar-refractivity contribution in [2.75, 3.05) is 0 Å². The van der Waals surface area contributed by atoms with Gasteiger partial charge in [0.2, 0.25) is 6.41 Å². The third kappa shape index (κ3) is 4.99. The highest BCUT2D eigenvalue weighted by atomic mass is 16.6. The Bertz CT molecular complexity index is 231. The molecule has 2 atom stereocenters. The molecule has 0 aromatic rings. The summed E-state index contributed by atoms with van der Waals surface area (Å²) in [6, 6.07) is 0. The summed E-state index contributed by atoms with van der Waals surface area (Å²) in [7, 11) is 0. The van der Waals surface area contributed by atoms with Crippen LogP contribution in [0.3, 0.4) is 0 Å². The van der Waals surface area contributed by atoms with Crippen molar-refractivity contribution >= 4 is 18.3 Å². The average molecular weight is 217 g/mol. The van der Waals surface area contributed by atoms with Crippen molar-refractivity contribution in [3.8, 4) is 0 Å². The van der Waals surface area contributed by atoms with Gasteiger partial charge < -0.3 is 9.47 Å². The van der Waals surface area contributed by atoms with Crippen molar-refractivity contribution < 1.29 is 23.9 Å². The maximum Gasteiger partial charge on any atom is 0.304 e. The van der Waals surface area contributed by atoms with Crippen LogP contribution in [0, 0.1) is 0 Å². The van der Waals surface area contributed by atoms with E-state index in [1.54, 1.807) is 0 Å². The molecular weight excluding hydrogens is 202 g/mol. The maximum absolute atomic E-state index is 10.7. The molecule has 15 heavy (non-hydrogen) atoms. The summed E-state index contributed by atoms with van der Waals surface area (Å²) in [6.45, 7) is 5.48. The highest BCUT2D eigenvalue weighted by molar-refractivity contribution is 5.67. The van der Waals surface area contributed by atoms with E-state index < -0.39 is 24.4 Å². The van der Waals surface area contributed by atoms with Crippen LogP contribution in [-0.2, 0) is 23.9 Å². The molecule has 0 aliphatic carbocycles. The molecule has 86 valence electrons. The van der Waals surface area contributed by atoms with Crippen LogP contribution >= 0.6 is 0 Å². The van der Waals surface area contributed by atoms with Crippen molar-refractivity contribution in [1.29, 1.82) is 0 Å². The lowest BCUT2D eigenvalue weighted by Crippen LogP contribution is -2.43. The Morgan fingerprint density at radius 3 is 1.60 bits per heavy atom. The molecule has 0 aliphatic rings. The van der Waals surface area contributed by atoms with Crippen LogP contribution < -0.4 is 0 Å². The molecule has 0 spiro atoms. The Kier molecular flexibility index (Phi) is 5.36. The molecule has 0 saturated heterocycles. The monoisotopic (exact) mass is 217 g/mol. The lowest BCUT2D eigenvalue weighted by atomic mass is 10.4. The van der Waals surface area contributed by atoms with E-state index in [0.717, 1.165) is 4.90 Å². The van der Waals surface area contributed by atoms with E-state index in [4.69, 9.17) is 9.47 Å². The Morgan fingerprint density at radius 2 is 1.40 bits per heavy atom. The van der Waals surface area contributed by atoms with Gasteiger partial charge in [-0.05, 0) is 13.8 Å². The zero-order valence-electron chi connectivity index (χ0n) is 9.22. The molecule has 0 heterocycles. The topological polar surface area (TPSA) is 72.9 Å². The van der Waals surface area contributed by atoms with E-state index in [-0.39, 0.29) is 0 Å². The van der Waals surface area contributed by atoms with Gasteiger partial charge >= 0.3 is 11.9 Å². The van der Waals surface area contributed by atoms with Crippen molar-refractivity contribution in [3.63, 3.8) is 0 Å². The molecule has 0 bridgehead atoms. The van der Waals surface area contributed by atoms with Crippen molar-refractivity contribution in [1.82, 2.24) is 4.90 Å². The van der Waals surface area contributed by atoms with Gasteiger partial charge in [-0.1, -0.05) is 0 Å². The van der Waals surface area contributed by atoms with Gasteiger partial charge in [-0.25, -0.2) is 0 Å². The Morgan fingerprint density at radius 1 is 1.07 bits per heavy atom. The second kappa shape index (κ2) is 6.00. The molecule has 0 aromatic carbocycles. The standard InChI is InChI=1S/C9H15NO5/c1-6(14-8(3)12)10(5-11)7(2)15-9(4)13/h5-7H,1-4H3. The highest BCUT2D eigenvalue weighted by Gasteiger charge is 2.22. The summed E-state index contributed by atoms with van der Waals surface area (Å²) in [5.74, 6) is -1.02. The molecule has 2 unspecified atom stereocenters. The fourth-order valence-corrected chi connectivity index (χ4v) is 1.07. The summed E-state index contributed by atoms with van der Waals surface area (Å²) in [5.41, 5.74) is 0. The van der Waals surface area contributed by atoms with E-state index in [2.05, 4.69) is 0 Å². The summed E-state index contributed by atoms with van der Waals surface area (Å²) < 4.78 is 9.54. The third-order valence-electron chi connectivity index (χ3n) is 1.63. The number of esters is 2. The van der Waals surface area contributed by atoms with E-state index in [0.29, 0.717) is 6.41 Å². The highest BCUT2D eigenvalue weighted by Crippen LogP contribution is 2.06. The molecule has 6 heteroatoms. The second-order valence-electron chi connectivity index (χ2n) is 2.97. The Hall–Kier alpha value is -1.59. The smallest absolute Gasteiger partial charge is 0.304 e. The second-order valence-corrected chi connectivity index (χ2v) is 2.97. The average Bonchev–Trinajstić information content (AvgIpc) is 2.01. The zero-order chi connectivity index (χ0) is 12.0. The summed E-state index contributed by atoms with van der Waals surface area (Å²) in [6.07, 6.45) is -1.08. The van der Waals surface area contributed by atoms with Crippen LogP contribution in [0.4, 0.5) is 0 Å². The number of carbonyl (C=O) groups excluding carboxylic acids is 3. The van der Waals surface area contributed by atoms with Crippen LogP contribution in [0.25, 0.3) is 0 Å². The molecule has 0 aromatic heterocycles. The summed E-state index contributed by atoms with van der Waals surface area (Å²) >= 11 is 0. The van der Waals surface area contributed by atoms with Crippen LogP contribution in [0.1, 0.15) is 27.7 Å². The number of carbonyl (C=O) groups is 3. The minimum Gasteiger partial charge on any atom is -0.442 e. The minimum absolute atomic E-state index is 0.460. The van der Waals surface area contributed by atoms with E-state index >= 15 is 0 Å². The van der Waals surface area contributed by atoms with Crippen LogP contribution in [0.15, 0.2) is 0 Å². The van der Waals surface area contributed by atoms with Crippen LogP contribution in [0.5, 0.6) is 0 Å². The fraction of sp³-hybridized carbons (Fsp3) is 0.667. The molecule has 0 aliphatic heterocycles. The van der Waals surface area contributed by atoms with Gasteiger partial charge in [0, 0.05) is 13.8 Å². The van der Waals surface area contributed by atoms with Gasteiger partial charge in [0.25, 0.3) is 0 Å². The number of amides is 1. The van der Waals surface area contributed by atoms with Gasteiger partial charge in [0.1, 0.15) is 0 Å². The summed E-state index contributed by atoms with van der Waals surface area (Å²) in [5, 5.41) is 0. The van der Waals surface area contributed by atoms with Crippen molar-refractivity contribution in [3.05, 3.63) is 0 Å². The zero-order valence-corrected chi connectivity index (χ0v) is 9.22. The number of ether oxygens (including phenoxy) is 2. The number of nitrogens with zero attached hydrogens (tertiary/aromatic N) is 1. The first-order chi connectivity index (χ1) is 6.88. The lowest BCUT2D eigenvalue weighted by molar-refractivity contribution is -0.177. The van der Waals surface area contributed by atoms with Crippen LogP contribution in [-0.4, -0.2) is 35.7 Å². The van der Waals surface area contributed by atoms with Gasteiger partial charge in [-0.2, -0.15) is 0 Å². The van der Waals surface area contributed by atoms with E-state index in [9.17, 15) is 14.4 Å². The molecular formula is C9H15NO5. The molecule has 0 radical (unpaired) electrons. The van der Waals surface area contributed by atoms with Gasteiger partial charge in [0.15, 0.2) is 12.5 Å². The Labute approximate surface area is 88.1 Å². The van der Waals surface area contributed by atoms with E-state index in [1.807, 2.05) is 0 Å². The van der Waals surface area contributed by atoms with Crippen molar-refractivity contribution in [2.24, 2.45) is 0 Å². The number of hydrogen-bond donors (Lipinski definition) is 0. The first kappa shape index (κ1) is 13.4. The minimum atomic E-state index is -0.769. The molecule has 0 rings (SSSR count). The first-order valence-corrected chi connectivity index (χ1v) is 4.45. The predicted octanol–water partition coefficient (Wildman–Crippen LogP) is 0.263. The number of hydrogen-bond acceptors (Lipinski definition) is 5.